The van der Waals surface area contributed by atoms with Gasteiger partial charge in [-0.1, -0.05) is 0 Å². The molecule has 1 aromatic carbocycles. The van der Waals surface area contributed by atoms with Crippen LogP contribution in [0.25, 0.3) is 0 Å². The predicted molar refractivity (Wildman–Crippen MR) is 62.4 cm³/mol. The van der Waals surface area contributed by atoms with Crippen LogP contribution in [0.5, 0.6) is 0 Å². The SMILES string of the molecule is CCOC(=O)c1cc(C(=O)O)cc(S(=O)(=O)Cl)c1. The first-order chi connectivity index (χ1) is 8.25. The van der Waals surface area contributed by atoms with Crippen molar-refractivity contribution in [3.8, 4) is 0 Å². The van der Waals surface area contributed by atoms with Crippen molar-refractivity contribution in [3.05, 3.63) is 29.3 Å². The minimum absolute atomic E-state index is 0.0824. The molecule has 1 rings (SSSR count). The van der Waals surface area contributed by atoms with Crippen molar-refractivity contribution in [1.29, 1.82) is 0 Å². The van der Waals surface area contributed by atoms with Gasteiger partial charge >= 0.3 is 11.9 Å². The molecule has 98 valence electrons. The number of carbonyl (C=O) groups excluding carboxylic acids is 1. The van der Waals surface area contributed by atoms with E-state index >= 15 is 0 Å². The maximum atomic E-state index is 11.4. The summed E-state index contributed by atoms with van der Waals surface area (Å²) in [6.45, 7) is 1.65. The molecule has 0 amide bonds. The lowest BCUT2D eigenvalue weighted by molar-refractivity contribution is 0.0526. The van der Waals surface area contributed by atoms with Crippen molar-refractivity contribution in [2.24, 2.45) is 0 Å². The average molecular weight is 293 g/mol. The van der Waals surface area contributed by atoms with Crippen LogP contribution in [0.1, 0.15) is 27.6 Å². The molecule has 1 aromatic rings. The molecule has 0 atom stereocenters. The van der Waals surface area contributed by atoms with Crippen LogP contribution in [-0.4, -0.2) is 32.1 Å². The van der Waals surface area contributed by atoms with Gasteiger partial charge in [0.25, 0.3) is 9.05 Å². The third-order valence-corrected chi connectivity index (χ3v) is 3.28. The van der Waals surface area contributed by atoms with Gasteiger partial charge < -0.3 is 9.84 Å². The Balaban J connectivity index is 3.41. The van der Waals surface area contributed by atoms with Crippen LogP contribution in [0.2, 0.25) is 0 Å². The van der Waals surface area contributed by atoms with Crippen LogP contribution >= 0.6 is 10.7 Å². The Labute approximate surface area is 108 Å². The normalized spacial score (nSPS) is 11.0. The second-order valence-electron chi connectivity index (χ2n) is 3.21. The minimum Gasteiger partial charge on any atom is -0.478 e. The Morgan fingerprint density at radius 3 is 2.28 bits per heavy atom. The van der Waals surface area contributed by atoms with Crippen LogP contribution in [0.4, 0.5) is 0 Å². The molecule has 0 radical (unpaired) electrons. The molecule has 0 heterocycles. The zero-order valence-corrected chi connectivity index (χ0v) is 10.8. The van der Waals surface area contributed by atoms with Crippen LogP contribution in [0, 0.1) is 0 Å². The Kier molecular flexibility index (Phi) is 4.31. The fourth-order valence-corrected chi connectivity index (χ4v) is 2.00. The van der Waals surface area contributed by atoms with E-state index < -0.39 is 25.9 Å². The maximum Gasteiger partial charge on any atom is 0.338 e. The standard InChI is InChI=1S/C10H9ClO6S/c1-2-17-10(14)7-3-6(9(12)13)4-8(5-7)18(11,15)16/h3-5H,2H2,1H3,(H,12,13). The van der Waals surface area contributed by atoms with Gasteiger partial charge in [0, 0.05) is 10.7 Å². The fourth-order valence-electron chi connectivity index (χ4n) is 1.20. The highest BCUT2D eigenvalue weighted by molar-refractivity contribution is 8.13. The van der Waals surface area contributed by atoms with Crippen molar-refractivity contribution in [2.45, 2.75) is 11.8 Å². The molecule has 0 spiro atoms. The Morgan fingerprint density at radius 2 is 1.83 bits per heavy atom. The zero-order valence-electron chi connectivity index (χ0n) is 9.21. The first kappa shape index (κ1) is 14.5. The molecule has 8 heteroatoms. The van der Waals surface area contributed by atoms with E-state index in [0.717, 1.165) is 18.2 Å². The summed E-state index contributed by atoms with van der Waals surface area (Å²) in [5, 5.41) is 8.82. The first-order valence-corrected chi connectivity index (χ1v) is 7.06. The minimum atomic E-state index is -4.13. The van der Waals surface area contributed by atoms with Crippen LogP contribution < -0.4 is 0 Å². The van der Waals surface area contributed by atoms with E-state index in [2.05, 4.69) is 4.74 Å². The molecule has 0 aliphatic heterocycles. The molecule has 0 saturated heterocycles. The van der Waals surface area contributed by atoms with Gasteiger partial charge in [-0.3, -0.25) is 0 Å². The number of esters is 1. The van der Waals surface area contributed by atoms with Gasteiger partial charge in [-0.05, 0) is 25.1 Å². The van der Waals surface area contributed by atoms with Gasteiger partial charge in [0.1, 0.15) is 0 Å². The van der Waals surface area contributed by atoms with Crippen molar-refractivity contribution >= 4 is 31.7 Å². The number of aromatic carboxylic acids is 1. The summed E-state index contributed by atoms with van der Waals surface area (Å²) >= 11 is 0. The van der Waals surface area contributed by atoms with E-state index in [1.165, 1.54) is 0 Å². The molecule has 0 unspecified atom stereocenters. The molecule has 6 nitrogen and oxygen atoms in total. The summed E-state index contributed by atoms with van der Waals surface area (Å²) in [4.78, 5) is 21.8. The highest BCUT2D eigenvalue weighted by Crippen LogP contribution is 2.20. The van der Waals surface area contributed by atoms with E-state index in [1.807, 2.05) is 0 Å². The number of hydrogen-bond donors (Lipinski definition) is 1. The summed E-state index contributed by atoms with van der Waals surface area (Å²) < 4.78 is 27.0. The molecule has 0 saturated carbocycles. The Bertz CT molecular complexity index is 592. The molecule has 0 aliphatic carbocycles. The van der Waals surface area contributed by atoms with Gasteiger partial charge in [0.05, 0.1) is 22.6 Å². The van der Waals surface area contributed by atoms with E-state index in [0.29, 0.717) is 0 Å². The number of ether oxygens (including phenoxy) is 1. The second kappa shape index (κ2) is 5.36. The molecular weight excluding hydrogens is 284 g/mol. The second-order valence-corrected chi connectivity index (χ2v) is 5.78. The number of carboxylic acids is 1. The smallest absolute Gasteiger partial charge is 0.338 e. The highest BCUT2D eigenvalue weighted by Gasteiger charge is 2.18. The molecular formula is C10H9ClO6S. The fraction of sp³-hybridized carbons (Fsp3) is 0.200. The lowest BCUT2D eigenvalue weighted by Crippen LogP contribution is -2.08. The molecule has 18 heavy (non-hydrogen) atoms. The van der Waals surface area contributed by atoms with Gasteiger partial charge in [0.15, 0.2) is 0 Å². The van der Waals surface area contributed by atoms with Crippen LogP contribution in [0.3, 0.4) is 0 Å². The van der Waals surface area contributed by atoms with Gasteiger partial charge in [-0.15, -0.1) is 0 Å². The van der Waals surface area contributed by atoms with E-state index in [-0.39, 0.29) is 17.7 Å². The summed E-state index contributed by atoms with van der Waals surface area (Å²) in [6.07, 6.45) is 0. The average Bonchev–Trinajstić information content (AvgIpc) is 2.27. The number of carbonyl (C=O) groups is 2. The predicted octanol–water partition coefficient (Wildman–Crippen LogP) is 1.49. The highest BCUT2D eigenvalue weighted by atomic mass is 35.7. The number of rotatable bonds is 4. The van der Waals surface area contributed by atoms with Crippen LogP contribution in [0.15, 0.2) is 23.1 Å². The lowest BCUT2D eigenvalue weighted by Gasteiger charge is -2.05. The van der Waals surface area contributed by atoms with Crippen molar-refractivity contribution < 1.29 is 27.9 Å². The summed E-state index contributed by atoms with van der Waals surface area (Å²) in [7, 11) is 0.987. The number of halogens is 1. The summed E-state index contributed by atoms with van der Waals surface area (Å²) in [5.41, 5.74) is -0.546. The summed E-state index contributed by atoms with van der Waals surface area (Å²) in [5.74, 6) is -2.19. The maximum absolute atomic E-state index is 11.4. The quantitative estimate of drug-likeness (QED) is 0.667. The van der Waals surface area contributed by atoms with E-state index in [1.54, 1.807) is 6.92 Å². The van der Waals surface area contributed by atoms with E-state index in [9.17, 15) is 18.0 Å². The molecule has 0 aliphatic rings. The Morgan fingerprint density at radius 1 is 1.28 bits per heavy atom. The monoisotopic (exact) mass is 292 g/mol. The van der Waals surface area contributed by atoms with Gasteiger partial charge in [-0.25, -0.2) is 18.0 Å². The third kappa shape index (κ3) is 3.44. The van der Waals surface area contributed by atoms with Crippen molar-refractivity contribution in [3.63, 3.8) is 0 Å². The molecule has 0 bridgehead atoms. The number of carboxylic acid groups (broad SMARTS) is 1. The molecule has 0 aromatic heterocycles. The van der Waals surface area contributed by atoms with Crippen molar-refractivity contribution in [2.75, 3.05) is 6.61 Å². The van der Waals surface area contributed by atoms with Crippen molar-refractivity contribution in [1.82, 2.24) is 0 Å². The number of hydrogen-bond acceptors (Lipinski definition) is 5. The van der Waals surface area contributed by atoms with Crippen LogP contribution in [-0.2, 0) is 13.8 Å². The van der Waals surface area contributed by atoms with Gasteiger partial charge in [0.2, 0.25) is 0 Å². The zero-order chi connectivity index (χ0) is 13.9. The number of benzene rings is 1. The van der Waals surface area contributed by atoms with Gasteiger partial charge in [-0.2, -0.15) is 0 Å². The van der Waals surface area contributed by atoms with E-state index in [4.69, 9.17) is 15.8 Å². The Hall–Kier alpha value is -1.60. The largest absolute Gasteiger partial charge is 0.478 e. The first-order valence-electron chi connectivity index (χ1n) is 4.76. The summed E-state index contributed by atoms with van der Waals surface area (Å²) in [6, 6.07) is 2.85. The molecule has 1 N–H and O–H groups in total. The lowest BCUT2D eigenvalue weighted by atomic mass is 10.1. The molecule has 0 fully saturated rings. The topological polar surface area (TPSA) is 97.7 Å². The third-order valence-electron chi connectivity index (χ3n) is 1.95.